The van der Waals surface area contributed by atoms with E-state index >= 15 is 0 Å². The molecule has 0 saturated carbocycles. The molecule has 1 aromatic carbocycles. The lowest BCUT2D eigenvalue weighted by Gasteiger charge is -2.08. The predicted molar refractivity (Wildman–Crippen MR) is 68.4 cm³/mol. The Morgan fingerprint density at radius 1 is 1.29 bits per heavy atom. The van der Waals surface area contributed by atoms with Crippen LogP contribution in [-0.4, -0.2) is 24.6 Å². The lowest BCUT2D eigenvalue weighted by Crippen LogP contribution is -2.14. The zero-order chi connectivity index (χ0) is 12.8. The van der Waals surface area contributed by atoms with Gasteiger partial charge in [-0.25, -0.2) is 0 Å². The third-order valence-electron chi connectivity index (χ3n) is 2.36. The minimum absolute atomic E-state index is 0.0597. The molecular weight excluding hydrogens is 236 g/mol. The average Bonchev–Trinajstić information content (AvgIpc) is 2.35. The molecule has 92 valence electrons. The topological polar surface area (TPSA) is 43.4 Å². The lowest BCUT2D eigenvalue weighted by atomic mass is 10.2. The Hall–Kier alpha value is -1.29. The quantitative estimate of drug-likeness (QED) is 0.459. The van der Waals surface area contributed by atoms with Gasteiger partial charge in [-0.2, -0.15) is 0 Å². The standard InChI is InChI=1S/C13H16O3S/c1-9(13(15)16-3)8-17-12-6-4-11(5-7-12)10(2)14/h4-7,9H,8H2,1-3H3. The van der Waals surface area contributed by atoms with Gasteiger partial charge in [0.05, 0.1) is 13.0 Å². The van der Waals surface area contributed by atoms with Crippen molar-refractivity contribution in [3.8, 4) is 0 Å². The summed E-state index contributed by atoms with van der Waals surface area (Å²) in [6.45, 7) is 3.38. The van der Waals surface area contributed by atoms with Crippen molar-refractivity contribution < 1.29 is 14.3 Å². The Bertz CT molecular complexity index is 398. The monoisotopic (exact) mass is 252 g/mol. The number of Topliss-reactive ketones (excluding diaryl/α,β-unsaturated/α-hetero) is 1. The first-order valence-corrected chi connectivity index (χ1v) is 6.34. The Labute approximate surface area is 106 Å². The molecule has 0 N–H and O–H groups in total. The average molecular weight is 252 g/mol. The summed E-state index contributed by atoms with van der Waals surface area (Å²) in [6, 6.07) is 7.39. The summed E-state index contributed by atoms with van der Waals surface area (Å²) in [5.74, 6) is 0.409. The van der Waals surface area contributed by atoms with Gasteiger partial charge in [-0.3, -0.25) is 9.59 Å². The second-order valence-electron chi connectivity index (χ2n) is 3.82. The van der Waals surface area contributed by atoms with Gasteiger partial charge in [0.1, 0.15) is 0 Å². The number of benzene rings is 1. The van der Waals surface area contributed by atoms with E-state index in [9.17, 15) is 9.59 Å². The van der Waals surface area contributed by atoms with Gasteiger partial charge in [-0.05, 0) is 19.1 Å². The molecule has 1 atom stereocenters. The van der Waals surface area contributed by atoms with Crippen LogP contribution in [0.5, 0.6) is 0 Å². The van der Waals surface area contributed by atoms with Crippen LogP contribution in [0, 0.1) is 5.92 Å². The SMILES string of the molecule is COC(=O)C(C)CSc1ccc(C(C)=O)cc1. The van der Waals surface area contributed by atoms with Crippen LogP contribution in [0.4, 0.5) is 0 Å². The van der Waals surface area contributed by atoms with E-state index in [1.165, 1.54) is 7.11 Å². The second-order valence-corrected chi connectivity index (χ2v) is 4.91. The molecule has 0 aliphatic rings. The van der Waals surface area contributed by atoms with Crippen molar-refractivity contribution in [1.82, 2.24) is 0 Å². The first-order chi connectivity index (χ1) is 8.04. The molecule has 0 heterocycles. The molecule has 0 aliphatic carbocycles. The second kappa shape index (κ2) is 6.45. The van der Waals surface area contributed by atoms with Gasteiger partial charge in [0, 0.05) is 16.2 Å². The molecule has 0 aliphatic heterocycles. The summed E-state index contributed by atoms with van der Waals surface area (Å²) >= 11 is 1.58. The van der Waals surface area contributed by atoms with Gasteiger partial charge in [0.15, 0.2) is 5.78 Å². The van der Waals surface area contributed by atoms with Gasteiger partial charge < -0.3 is 4.74 Å². The Morgan fingerprint density at radius 2 is 1.88 bits per heavy atom. The van der Waals surface area contributed by atoms with Crippen LogP contribution in [0.25, 0.3) is 0 Å². The number of carbonyl (C=O) groups excluding carboxylic acids is 2. The van der Waals surface area contributed by atoms with Crippen LogP contribution in [0.1, 0.15) is 24.2 Å². The maximum Gasteiger partial charge on any atom is 0.309 e. The number of carbonyl (C=O) groups is 2. The van der Waals surface area contributed by atoms with Gasteiger partial charge in [-0.1, -0.05) is 19.1 Å². The molecule has 0 aromatic heterocycles. The first-order valence-electron chi connectivity index (χ1n) is 5.36. The maximum absolute atomic E-state index is 11.2. The minimum atomic E-state index is -0.196. The van der Waals surface area contributed by atoms with Crippen LogP contribution >= 0.6 is 11.8 Å². The summed E-state index contributed by atoms with van der Waals surface area (Å²) in [7, 11) is 1.39. The van der Waals surface area contributed by atoms with E-state index in [1.807, 2.05) is 19.1 Å². The third kappa shape index (κ3) is 4.23. The van der Waals surface area contributed by atoms with E-state index < -0.39 is 0 Å². The highest BCUT2D eigenvalue weighted by Gasteiger charge is 2.13. The molecule has 17 heavy (non-hydrogen) atoms. The summed E-state index contributed by atoms with van der Waals surface area (Å²) in [6.07, 6.45) is 0. The van der Waals surface area contributed by atoms with Gasteiger partial charge in [-0.15, -0.1) is 11.8 Å². The van der Waals surface area contributed by atoms with Crippen molar-refractivity contribution in [3.63, 3.8) is 0 Å². The molecule has 0 radical (unpaired) electrons. The van der Waals surface area contributed by atoms with E-state index in [4.69, 9.17) is 0 Å². The Morgan fingerprint density at radius 3 is 2.35 bits per heavy atom. The molecule has 1 aromatic rings. The van der Waals surface area contributed by atoms with Crippen LogP contribution in [0.15, 0.2) is 29.2 Å². The van der Waals surface area contributed by atoms with Crippen LogP contribution < -0.4 is 0 Å². The molecule has 0 saturated heterocycles. The van der Waals surface area contributed by atoms with E-state index in [0.29, 0.717) is 11.3 Å². The minimum Gasteiger partial charge on any atom is -0.469 e. The molecule has 0 fully saturated rings. The van der Waals surface area contributed by atoms with E-state index in [-0.39, 0.29) is 17.7 Å². The molecular formula is C13H16O3S. The van der Waals surface area contributed by atoms with Gasteiger partial charge >= 0.3 is 5.97 Å². The molecule has 4 heteroatoms. The van der Waals surface area contributed by atoms with E-state index in [0.717, 1.165) is 4.90 Å². The fourth-order valence-corrected chi connectivity index (χ4v) is 2.18. The highest BCUT2D eigenvalue weighted by molar-refractivity contribution is 7.99. The number of ether oxygens (including phenoxy) is 1. The fraction of sp³-hybridized carbons (Fsp3) is 0.385. The molecule has 0 amide bonds. The lowest BCUT2D eigenvalue weighted by molar-refractivity contribution is -0.143. The number of ketones is 1. The molecule has 0 bridgehead atoms. The molecule has 1 rings (SSSR count). The van der Waals surface area contributed by atoms with E-state index in [2.05, 4.69) is 4.74 Å². The van der Waals surface area contributed by atoms with Crippen molar-refractivity contribution in [2.24, 2.45) is 5.92 Å². The van der Waals surface area contributed by atoms with Crippen molar-refractivity contribution in [2.75, 3.05) is 12.9 Å². The summed E-state index contributed by atoms with van der Waals surface area (Å²) in [4.78, 5) is 23.3. The number of methoxy groups -OCH3 is 1. The van der Waals surface area contributed by atoms with Gasteiger partial charge in [0.25, 0.3) is 0 Å². The number of hydrogen-bond donors (Lipinski definition) is 0. The van der Waals surface area contributed by atoms with Crippen molar-refractivity contribution in [1.29, 1.82) is 0 Å². The van der Waals surface area contributed by atoms with E-state index in [1.54, 1.807) is 30.8 Å². The van der Waals surface area contributed by atoms with Crippen molar-refractivity contribution >= 4 is 23.5 Å². The number of hydrogen-bond acceptors (Lipinski definition) is 4. The molecule has 1 unspecified atom stereocenters. The highest BCUT2D eigenvalue weighted by Crippen LogP contribution is 2.21. The summed E-state index contributed by atoms with van der Waals surface area (Å²) in [5.41, 5.74) is 0.704. The van der Waals surface area contributed by atoms with Crippen LogP contribution in [0.3, 0.4) is 0 Å². The Balaban J connectivity index is 2.53. The Kier molecular flexibility index (Phi) is 5.22. The van der Waals surface area contributed by atoms with Crippen LogP contribution in [0.2, 0.25) is 0 Å². The highest BCUT2D eigenvalue weighted by atomic mass is 32.2. The number of esters is 1. The summed E-state index contributed by atoms with van der Waals surface area (Å²) < 4.78 is 4.65. The van der Waals surface area contributed by atoms with Crippen LogP contribution in [-0.2, 0) is 9.53 Å². The molecule has 0 spiro atoms. The smallest absolute Gasteiger partial charge is 0.309 e. The first kappa shape index (κ1) is 13.8. The number of thioether (sulfide) groups is 1. The number of rotatable bonds is 5. The zero-order valence-electron chi connectivity index (χ0n) is 10.2. The van der Waals surface area contributed by atoms with Crippen molar-refractivity contribution in [2.45, 2.75) is 18.7 Å². The normalized spacial score (nSPS) is 11.9. The zero-order valence-corrected chi connectivity index (χ0v) is 11.0. The largest absolute Gasteiger partial charge is 0.469 e. The maximum atomic E-state index is 11.2. The van der Waals surface area contributed by atoms with Crippen molar-refractivity contribution in [3.05, 3.63) is 29.8 Å². The fourth-order valence-electron chi connectivity index (χ4n) is 1.28. The van der Waals surface area contributed by atoms with Gasteiger partial charge in [0.2, 0.25) is 0 Å². The molecule has 3 nitrogen and oxygen atoms in total. The predicted octanol–water partition coefficient (Wildman–Crippen LogP) is 2.79. The third-order valence-corrected chi connectivity index (χ3v) is 3.64. The summed E-state index contributed by atoms with van der Waals surface area (Å²) in [5, 5.41) is 0.